The largest absolute Gasteiger partial charge is 0.324 e. The summed E-state index contributed by atoms with van der Waals surface area (Å²) >= 11 is 0. The second-order valence-corrected chi connectivity index (χ2v) is 6.88. The lowest BCUT2D eigenvalue weighted by molar-refractivity contribution is -0.117. The van der Waals surface area contributed by atoms with Gasteiger partial charge in [0.1, 0.15) is 0 Å². The molecule has 1 unspecified atom stereocenters. The summed E-state index contributed by atoms with van der Waals surface area (Å²) in [4.78, 5) is 18.3. The lowest BCUT2D eigenvalue weighted by atomic mass is 10.0. The summed E-state index contributed by atoms with van der Waals surface area (Å²) < 4.78 is 0. The molecule has 0 fully saturated rings. The van der Waals surface area contributed by atoms with Gasteiger partial charge in [0.2, 0.25) is 0 Å². The molecular formula is C27H22N2O. The van der Waals surface area contributed by atoms with Crippen LogP contribution in [-0.2, 0) is 4.79 Å². The molecule has 0 spiro atoms. The normalized spacial score (nSPS) is 11.3. The summed E-state index contributed by atoms with van der Waals surface area (Å²) in [5.41, 5.74) is 4.32. The van der Waals surface area contributed by atoms with E-state index in [1.807, 2.05) is 121 Å². The number of nitrogens with one attached hydrogen (secondary N) is 1. The lowest BCUT2D eigenvalue weighted by Gasteiger charge is -2.17. The van der Waals surface area contributed by atoms with Crippen LogP contribution in [0.25, 0.3) is 0 Å². The van der Waals surface area contributed by atoms with Crippen LogP contribution in [0.5, 0.6) is 0 Å². The maximum atomic E-state index is 13.3. The minimum atomic E-state index is -0.679. The average molecular weight is 390 g/mol. The molecule has 0 aliphatic carbocycles. The number of aliphatic imine (C=N–C) groups is 1. The highest BCUT2D eigenvalue weighted by Crippen LogP contribution is 2.23. The van der Waals surface area contributed by atoms with Crippen LogP contribution in [0.2, 0.25) is 0 Å². The van der Waals surface area contributed by atoms with Crippen molar-refractivity contribution < 1.29 is 4.79 Å². The van der Waals surface area contributed by atoms with Crippen LogP contribution >= 0.6 is 0 Å². The molecular weight excluding hydrogens is 368 g/mol. The summed E-state index contributed by atoms with van der Waals surface area (Å²) in [6.45, 7) is 0. The SMILES string of the molecule is O=C(Nc1ccccc1)C(N=C(c1ccccc1)c1ccccc1)c1ccccc1. The van der Waals surface area contributed by atoms with E-state index in [1.165, 1.54) is 0 Å². The van der Waals surface area contributed by atoms with Crippen LogP contribution in [0.1, 0.15) is 22.7 Å². The molecule has 0 aliphatic rings. The standard InChI is InChI=1S/C27H22N2O/c30-27(28-24-19-11-4-12-20-24)26(23-17-9-3-10-18-23)29-25(21-13-5-1-6-14-21)22-15-7-2-8-16-22/h1-20,26H,(H,28,30). The van der Waals surface area contributed by atoms with Crippen molar-refractivity contribution in [1.82, 2.24) is 0 Å². The highest BCUT2D eigenvalue weighted by molar-refractivity contribution is 6.14. The number of para-hydroxylation sites is 1. The van der Waals surface area contributed by atoms with E-state index in [1.54, 1.807) is 0 Å². The Morgan fingerprint density at radius 1 is 0.600 bits per heavy atom. The number of hydrogen-bond donors (Lipinski definition) is 1. The highest BCUT2D eigenvalue weighted by atomic mass is 16.2. The average Bonchev–Trinajstić information content (AvgIpc) is 2.82. The molecule has 1 N–H and O–H groups in total. The first-order valence-electron chi connectivity index (χ1n) is 9.91. The first kappa shape index (κ1) is 19.3. The van der Waals surface area contributed by atoms with Crippen molar-refractivity contribution in [3.63, 3.8) is 0 Å². The Kier molecular flexibility index (Phi) is 6.11. The molecule has 0 aliphatic heterocycles. The summed E-state index contributed by atoms with van der Waals surface area (Å²) in [6.07, 6.45) is 0. The van der Waals surface area contributed by atoms with Gasteiger partial charge in [0, 0.05) is 16.8 Å². The van der Waals surface area contributed by atoms with E-state index in [9.17, 15) is 4.79 Å². The number of rotatable bonds is 6. The van der Waals surface area contributed by atoms with Gasteiger partial charge in [0.15, 0.2) is 6.04 Å². The molecule has 4 rings (SSSR count). The zero-order valence-corrected chi connectivity index (χ0v) is 16.5. The molecule has 4 aromatic rings. The van der Waals surface area contributed by atoms with Gasteiger partial charge >= 0.3 is 0 Å². The summed E-state index contributed by atoms with van der Waals surface area (Å²) in [5.74, 6) is -0.170. The molecule has 0 bridgehead atoms. The van der Waals surface area contributed by atoms with Crippen LogP contribution < -0.4 is 5.32 Å². The second kappa shape index (κ2) is 9.48. The Hall–Kier alpha value is -3.98. The Balaban J connectivity index is 1.80. The predicted molar refractivity (Wildman–Crippen MR) is 123 cm³/mol. The Morgan fingerprint density at radius 2 is 1.03 bits per heavy atom. The Morgan fingerprint density at radius 3 is 1.53 bits per heavy atom. The predicted octanol–water partition coefficient (Wildman–Crippen LogP) is 5.90. The van der Waals surface area contributed by atoms with Gasteiger partial charge in [-0.25, -0.2) is 0 Å². The Bertz CT molecular complexity index is 1070. The summed E-state index contributed by atoms with van der Waals surface area (Å²) in [7, 11) is 0. The molecule has 0 heterocycles. The van der Waals surface area contributed by atoms with Gasteiger partial charge in [0.05, 0.1) is 5.71 Å². The lowest BCUT2D eigenvalue weighted by Crippen LogP contribution is -2.21. The van der Waals surface area contributed by atoms with Crippen molar-refractivity contribution in [2.75, 3.05) is 5.32 Å². The van der Waals surface area contributed by atoms with E-state index in [4.69, 9.17) is 4.99 Å². The van der Waals surface area contributed by atoms with Crippen LogP contribution in [0.4, 0.5) is 5.69 Å². The van der Waals surface area contributed by atoms with E-state index >= 15 is 0 Å². The van der Waals surface area contributed by atoms with E-state index < -0.39 is 6.04 Å². The van der Waals surface area contributed by atoms with E-state index in [0.717, 1.165) is 28.1 Å². The Labute approximate surface area is 176 Å². The monoisotopic (exact) mass is 390 g/mol. The number of carbonyl (C=O) groups is 1. The molecule has 146 valence electrons. The van der Waals surface area contributed by atoms with Crippen LogP contribution in [0, 0.1) is 0 Å². The van der Waals surface area contributed by atoms with Crippen molar-refractivity contribution in [3.05, 3.63) is 138 Å². The third kappa shape index (κ3) is 4.70. The third-order valence-electron chi connectivity index (χ3n) is 4.76. The van der Waals surface area contributed by atoms with E-state index in [-0.39, 0.29) is 5.91 Å². The number of nitrogens with zero attached hydrogens (tertiary/aromatic N) is 1. The van der Waals surface area contributed by atoms with Crippen molar-refractivity contribution in [2.45, 2.75) is 6.04 Å². The van der Waals surface area contributed by atoms with Crippen LogP contribution in [-0.4, -0.2) is 11.6 Å². The molecule has 0 aromatic heterocycles. The quantitative estimate of drug-likeness (QED) is 0.409. The molecule has 1 amide bonds. The third-order valence-corrected chi connectivity index (χ3v) is 4.76. The first-order valence-corrected chi connectivity index (χ1v) is 9.91. The smallest absolute Gasteiger partial charge is 0.253 e. The second-order valence-electron chi connectivity index (χ2n) is 6.88. The number of carbonyl (C=O) groups excluding carboxylic acids is 1. The van der Waals surface area contributed by atoms with Gasteiger partial charge in [-0.15, -0.1) is 0 Å². The van der Waals surface area contributed by atoms with Gasteiger partial charge in [-0.2, -0.15) is 0 Å². The van der Waals surface area contributed by atoms with Gasteiger partial charge < -0.3 is 5.32 Å². The maximum absolute atomic E-state index is 13.3. The van der Waals surface area contributed by atoms with E-state index in [2.05, 4.69) is 5.32 Å². The zero-order valence-electron chi connectivity index (χ0n) is 16.5. The maximum Gasteiger partial charge on any atom is 0.253 e. The zero-order chi connectivity index (χ0) is 20.6. The summed E-state index contributed by atoms with van der Waals surface area (Å²) in [5, 5.41) is 3.00. The van der Waals surface area contributed by atoms with Crippen molar-refractivity contribution in [3.8, 4) is 0 Å². The molecule has 0 radical (unpaired) electrons. The van der Waals surface area contributed by atoms with Crippen molar-refractivity contribution in [1.29, 1.82) is 0 Å². The molecule has 0 saturated carbocycles. The number of hydrogen-bond acceptors (Lipinski definition) is 2. The number of benzene rings is 4. The fraction of sp³-hybridized carbons (Fsp3) is 0.0370. The molecule has 3 nitrogen and oxygen atoms in total. The van der Waals surface area contributed by atoms with Gasteiger partial charge in [-0.3, -0.25) is 9.79 Å². The van der Waals surface area contributed by atoms with Crippen LogP contribution in [0.3, 0.4) is 0 Å². The number of amides is 1. The topological polar surface area (TPSA) is 41.5 Å². The van der Waals surface area contributed by atoms with E-state index in [0.29, 0.717) is 0 Å². The fourth-order valence-electron chi connectivity index (χ4n) is 3.29. The highest BCUT2D eigenvalue weighted by Gasteiger charge is 2.21. The molecule has 0 saturated heterocycles. The molecule has 3 heteroatoms. The number of anilines is 1. The summed E-state index contributed by atoms with van der Waals surface area (Å²) in [6, 6.07) is 38.4. The van der Waals surface area contributed by atoms with Crippen LogP contribution in [0.15, 0.2) is 126 Å². The molecule has 1 atom stereocenters. The van der Waals surface area contributed by atoms with Gasteiger partial charge in [-0.05, 0) is 17.7 Å². The van der Waals surface area contributed by atoms with Crippen molar-refractivity contribution in [2.24, 2.45) is 4.99 Å². The minimum Gasteiger partial charge on any atom is -0.324 e. The molecule has 4 aromatic carbocycles. The molecule has 30 heavy (non-hydrogen) atoms. The first-order chi connectivity index (χ1) is 14.8. The fourth-order valence-corrected chi connectivity index (χ4v) is 3.29. The van der Waals surface area contributed by atoms with Crippen molar-refractivity contribution >= 4 is 17.3 Å². The van der Waals surface area contributed by atoms with Gasteiger partial charge in [-0.1, -0.05) is 109 Å². The van der Waals surface area contributed by atoms with Gasteiger partial charge in [0.25, 0.3) is 5.91 Å². The minimum absolute atomic E-state index is 0.170.